The summed E-state index contributed by atoms with van der Waals surface area (Å²) in [4.78, 5) is 15.2. The summed E-state index contributed by atoms with van der Waals surface area (Å²) in [6.45, 7) is 1.85. The molecular formula is C23H24FN5O. The van der Waals surface area contributed by atoms with E-state index in [-0.39, 0.29) is 23.8 Å². The smallest absolute Gasteiger partial charge is 0.227 e. The van der Waals surface area contributed by atoms with Crippen LogP contribution in [0.25, 0.3) is 5.69 Å². The summed E-state index contributed by atoms with van der Waals surface area (Å²) in [5.41, 5.74) is 3.07. The highest BCUT2D eigenvalue weighted by Crippen LogP contribution is 2.43. The Morgan fingerprint density at radius 1 is 1.03 bits per heavy atom. The molecule has 0 radical (unpaired) electrons. The first-order valence-electron chi connectivity index (χ1n) is 10.5. The van der Waals surface area contributed by atoms with Crippen molar-refractivity contribution in [1.82, 2.24) is 25.1 Å². The molecule has 0 spiro atoms. The molecule has 2 aromatic carbocycles. The summed E-state index contributed by atoms with van der Waals surface area (Å²) in [5, 5.41) is 11.5. The van der Waals surface area contributed by atoms with Crippen LogP contribution in [0.3, 0.4) is 0 Å². The highest BCUT2D eigenvalue weighted by atomic mass is 19.1. The van der Waals surface area contributed by atoms with E-state index in [2.05, 4.69) is 20.4 Å². The molecule has 2 atom stereocenters. The number of piperidine rings is 1. The predicted molar refractivity (Wildman–Crippen MR) is 110 cm³/mol. The molecule has 0 saturated carbocycles. The van der Waals surface area contributed by atoms with Crippen LogP contribution in [0.5, 0.6) is 0 Å². The zero-order valence-electron chi connectivity index (χ0n) is 16.9. The molecule has 3 aromatic rings. The van der Waals surface area contributed by atoms with E-state index in [1.165, 1.54) is 17.7 Å². The van der Waals surface area contributed by atoms with E-state index in [0.717, 1.165) is 42.8 Å². The second kappa shape index (κ2) is 7.63. The van der Waals surface area contributed by atoms with E-state index in [0.29, 0.717) is 12.3 Å². The van der Waals surface area contributed by atoms with Gasteiger partial charge in [-0.25, -0.2) is 4.39 Å². The van der Waals surface area contributed by atoms with Gasteiger partial charge >= 0.3 is 0 Å². The number of hydrogen-bond acceptors (Lipinski definition) is 4. The Labute approximate surface area is 174 Å². The summed E-state index contributed by atoms with van der Waals surface area (Å²) < 4.78 is 14.9. The molecule has 154 valence electrons. The van der Waals surface area contributed by atoms with Crippen LogP contribution in [0.4, 0.5) is 4.39 Å². The van der Waals surface area contributed by atoms with E-state index < -0.39 is 0 Å². The Balaban J connectivity index is 1.26. The summed E-state index contributed by atoms with van der Waals surface area (Å²) >= 11 is 0. The molecule has 7 heteroatoms. The van der Waals surface area contributed by atoms with Gasteiger partial charge in [-0.05, 0) is 84.3 Å². The molecule has 2 aliphatic rings. The minimum atomic E-state index is -0.199. The zero-order chi connectivity index (χ0) is 20.7. The molecule has 2 saturated heterocycles. The van der Waals surface area contributed by atoms with Crippen LogP contribution in [-0.4, -0.2) is 43.1 Å². The Morgan fingerprint density at radius 2 is 1.70 bits per heavy atom. The van der Waals surface area contributed by atoms with Crippen molar-refractivity contribution in [3.8, 4) is 5.69 Å². The summed E-state index contributed by atoms with van der Waals surface area (Å²) in [5.74, 6) is 1.13. The van der Waals surface area contributed by atoms with Gasteiger partial charge in [-0.1, -0.05) is 24.3 Å². The van der Waals surface area contributed by atoms with Crippen molar-refractivity contribution in [3.63, 3.8) is 0 Å². The fraction of sp³-hybridized carbons (Fsp3) is 0.391. The van der Waals surface area contributed by atoms with Gasteiger partial charge in [0.15, 0.2) is 5.82 Å². The average molecular weight is 405 g/mol. The van der Waals surface area contributed by atoms with Gasteiger partial charge in [0.25, 0.3) is 0 Å². The monoisotopic (exact) mass is 405 g/mol. The Bertz CT molecular complexity index is 1030. The lowest BCUT2D eigenvalue weighted by atomic mass is 9.85. The molecule has 5 rings (SSSR count). The highest BCUT2D eigenvalue weighted by Gasteiger charge is 2.43. The first-order chi connectivity index (χ1) is 14.6. The van der Waals surface area contributed by atoms with Gasteiger partial charge in [0.05, 0.1) is 12.1 Å². The van der Waals surface area contributed by atoms with Gasteiger partial charge in [0.2, 0.25) is 5.91 Å². The molecule has 3 heterocycles. The number of halogens is 1. The summed E-state index contributed by atoms with van der Waals surface area (Å²) in [7, 11) is 0. The average Bonchev–Trinajstić information content (AvgIpc) is 3.29. The minimum absolute atomic E-state index is 0.199. The SMILES string of the molecule is Cc1nnnn1-c1ccc(CC(=O)N2C3CCC2CC(c2ccc(F)cc2)C3)cc1. The number of benzene rings is 2. The van der Waals surface area contributed by atoms with Gasteiger partial charge in [-0.15, -0.1) is 5.10 Å². The fourth-order valence-corrected chi connectivity index (χ4v) is 5.08. The molecule has 2 fully saturated rings. The van der Waals surface area contributed by atoms with Crippen molar-refractivity contribution in [2.24, 2.45) is 0 Å². The number of hydrogen-bond donors (Lipinski definition) is 0. The number of tetrazole rings is 1. The maximum Gasteiger partial charge on any atom is 0.227 e. The van der Waals surface area contributed by atoms with E-state index in [9.17, 15) is 9.18 Å². The van der Waals surface area contributed by atoms with Gasteiger partial charge in [-0.2, -0.15) is 4.68 Å². The normalized spacial score (nSPS) is 23.0. The first-order valence-corrected chi connectivity index (χ1v) is 10.5. The number of amides is 1. The molecule has 2 unspecified atom stereocenters. The lowest BCUT2D eigenvalue weighted by Crippen LogP contribution is -2.46. The van der Waals surface area contributed by atoms with Crippen molar-refractivity contribution >= 4 is 5.91 Å². The number of nitrogens with zero attached hydrogens (tertiary/aromatic N) is 5. The Kier molecular flexibility index (Phi) is 4.81. The molecule has 1 aromatic heterocycles. The van der Waals surface area contributed by atoms with Gasteiger partial charge in [-0.3, -0.25) is 4.79 Å². The minimum Gasteiger partial charge on any atom is -0.336 e. The van der Waals surface area contributed by atoms with Crippen LogP contribution in [0.15, 0.2) is 48.5 Å². The maximum atomic E-state index is 13.3. The topological polar surface area (TPSA) is 63.9 Å². The van der Waals surface area contributed by atoms with E-state index in [4.69, 9.17) is 0 Å². The number of fused-ring (bicyclic) bond motifs is 2. The highest BCUT2D eigenvalue weighted by molar-refractivity contribution is 5.80. The fourth-order valence-electron chi connectivity index (χ4n) is 5.08. The van der Waals surface area contributed by atoms with Gasteiger partial charge in [0.1, 0.15) is 5.82 Å². The van der Waals surface area contributed by atoms with Crippen molar-refractivity contribution in [1.29, 1.82) is 0 Å². The van der Waals surface area contributed by atoms with Crippen LogP contribution in [0, 0.1) is 12.7 Å². The number of aryl methyl sites for hydroxylation is 1. The lowest BCUT2D eigenvalue weighted by molar-refractivity contribution is -0.135. The van der Waals surface area contributed by atoms with Crippen LogP contribution in [-0.2, 0) is 11.2 Å². The quantitative estimate of drug-likeness (QED) is 0.665. The van der Waals surface area contributed by atoms with E-state index in [1.807, 2.05) is 43.3 Å². The second-order valence-corrected chi connectivity index (χ2v) is 8.39. The van der Waals surface area contributed by atoms with Crippen LogP contribution in [0.1, 0.15) is 48.6 Å². The number of rotatable bonds is 4. The second-order valence-electron chi connectivity index (χ2n) is 8.39. The van der Waals surface area contributed by atoms with Crippen molar-refractivity contribution < 1.29 is 9.18 Å². The van der Waals surface area contributed by atoms with Gasteiger partial charge < -0.3 is 4.90 Å². The molecule has 1 amide bonds. The van der Waals surface area contributed by atoms with Crippen LogP contribution >= 0.6 is 0 Å². The van der Waals surface area contributed by atoms with Crippen molar-refractivity contribution in [3.05, 3.63) is 71.3 Å². The molecule has 2 bridgehead atoms. The molecule has 6 nitrogen and oxygen atoms in total. The summed E-state index contributed by atoms with van der Waals surface area (Å²) in [6, 6.07) is 15.3. The maximum absolute atomic E-state index is 13.3. The van der Waals surface area contributed by atoms with Crippen molar-refractivity contribution in [2.75, 3.05) is 0 Å². The number of aromatic nitrogens is 4. The van der Waals surface area contributed by atoms with Crippen LogP contribution in [0.2, 0.25) is 0 Å². The molecular weight excluding hydrogens is 381 g/mol. The first kappa shape index (κ1) is 18.9. The molecule has 2 aliphatic heterocycles. The van der Waals surface area contributed by atoms with Gasteiger partial charge in [0, 0.05) is 12.1 Å². The molecule has 0 aliphatic carbocycles. The third kappa shape index (κ3) is 3.49. The molecule has 30 heavy (non-hydrogen) atoms. The Hall–Kier alpha value is -3.09. The third-order valence-electron chi connectivity index (χ3n) is 6.52. The number of carbonyl (C=O) groups excluding carboxylic acids is 1. The van der Waals surface area contributed by atoms with Crippen LogP contribution < -0.4 is 0 Å². The largest absolute Gasteiger partial charge is 0.336 e. The Morgan fingerprint density at radius 3 is 2.30 bits per heavy atom. The van der Waals surface area contributed by atoms with E-state index in [1.54, 1.807) is 4.68 Å². The standard InChI is InChI=1S/C23H24FN5O/c1-15-25-26-27-29(15)20-8-2-16(3-9-20)12-23(30)28-21-10-11-22(28)14-18(13-21)17-4-6-19(24)7-5-17/h2-9,18,21-22H,10-14H2,1H3. The number of carbonyl (C=O) groups is 1. The van der Waals surface area contributed by atoms with Crippen molar-refractivity contribution in [2.45, 2.75) is 57.0 Å². The predicted octanol–water partition coefficient (Wildman–Crippen LogP) is 3.59. The summed E-state index contributed by atoms with van der Waals surface area (Å²) in [6.07, 6.45) is 4.46. The van der Waals surface area contributed by atoms with E-state index >= 15 is 0 Å². The lowest BCUT2D eigenvalue weighted by Gasteiger charge is -2.39. The third-order valence-corrected chi connectivity index (χ3v) is 6.52. The molecule has 0 N–H and O–H groups in total. The zero-order valence-corrected chi connectivity index (χ0v) is 16.9.